The van der Waals surface area contributed by atoms with Crippen molar-refractivity contribution in [1.29, 1.82) is 0 Å². The van der Waals surface area contributed by atoms with Crippen molar-refractivity contribution in [2.24, 2.45) is 0 Å². The number of aromatic nitrogens is 1. The standard InChI is InChI=1S/C11H14BClFNO2/c1-10(2)11(3,4)17-12(16-10)9-5-7(13)8(14)6-15-9/h5-6H,1-4H3. The summed E-state index contributed by atoms with van der Waals surface area (Å²) in [5.74, 6) is -0.549. The third kappa shape index (κ3) is 2.19. The number of halogens is 2. The lowest BCUT2D eigenvalue weighted by atomic mass is 9.84. The highest BCUT2D eigenvalue weighted by molar-refractivity contribution is 6.61. The predicted octanol–water partition coefficient (Wildman–Crippen LogP) is 2.17. The molecule has 0 saturated carbocycles. The van der Waals surface area contributed by atoms with Gasteiger partial charge in [0.2, 0.25) is 0 Å². The van der Waals surface area contributed by atoms with Crippen molar-refractivity contribution < 1.29 is 13.7 Å². The van der Waals surface area contributed by atoms with Crippen LogP contribution in [0.5, 0.6) is 0 Å². The second-order valence-electron chi connectivity index (χ2n) is 5.11. The van der Waals surface area contributed by atoms with E-state index in [1.54, 1.807) is 0 Å². The van der Waals surface area contributed by atoms with E-state index in [1.165, 1.54) is 6.07 Å². The number of rotatable bonds is 1. The molecule has 6 heteroatoms. The summed E-state index contributed by atoms with van der Waals surface area (Å²) in [5, 5.41) is 0.0183. The van der Waals surface area contributed by atoms with E-state index in [2.05, 4.69) is 4.98 Å². The van der Waals surface area contributed by atoms with Crippen LogP contribution < -0.4 is 5.59 Å². The van der Waals surface area contributed by atoms with Crippen LogP contribution in [0.4, 0.5) is 4.39 Å². The molecule has 0 N–H and O–H groups in total. The van der Waals surface area contributed by atoms with Crippen LogP contribution >= 0.6 is 11.6 Å². The van der Waals surface area contributed by atoms with Gasteiger partial charge in [0.1, 0.15) is 0 Å². The fourth-order valence-electron chi connectivity index (χ4n) is 1.52. The van der Waals surface area contributed by atoms with Crippen LogP contribution in [0.1, 0.15) is 27.7 Å². The van der Waals surface area contributed by atoms with Gasteiger partial charge in [0.25, 0.3) is 0 Å². The highest BCUT2D eigenvalue weighted by Crippen LogP contribution is 2.36. The van der Waals surface area contributed by atoms with Gasteiger partial charge in [-0.15, -0.1) is 0 Å². The molecule has 0 atom stereocenters. The van der Waals surface area contributed by atoms with E-state index in [0.717, 1.165) is 6.20 Å². The monoisotopic (exact) mass is 257 g/mol. The Balaban J connectivity index is 2.29. The quantitative estimate of drug-likeness (QED) is 0.723. The zero-order valence-corrected chi connectivity index (χ0v) is 11.0. The van der Waals surface area contributed by atoms with E-state index in [1.807, 2.05) is 27.7 Å². The average Bonchev–Trinajstić information content (AvgIpc) is 2.41. The SMILES string of the molecule is CC1(C)OB(c2cc(Cl)c(F)cn2)OC1(C)C. The van der Waals surface area contributed by atoms with E-state index in [9.17, 15) is 4.39 Å². The maximum atomic E-state index is 13.0. The van der Waals surface area contributed by atoms with Crippen molar-refractivity contribution in [2.75, 3.05) is 0 Å². The zero-order valence-electron chi connectivity index (χ0n) is 10.3. The lowest BCUT2D eigenvalue weighted by Crippen LogP contribution is -2.41. The number of hydrogen-bond donors (Lipinski definition) is 0. The molecule has 0 spiro atoms. The molecule has 1 aromatic heterocycles. The van der Waals surface area contributed by atoms with Gasteiger partial charge in [-0.2, -0.15) is 0 Å². The Labute approximate surface area is 105 Å². The minimum atomic E-state index is -0.613. The summed E-state index contributed by atoms with van der Waals surface area (Å²) in [7, 11) is -0.613. The van der Waals surface area contributed by atoms with Crippen molar-refractivity contribution in [2.45, 2.75) is 38.9 Å². The van der Waals surface area contributed by atoms with Crippen LogP contribution in [0.25, 0.3) is 0 Å². The molecule has 1 saturated heterocycles. The summed E-state index contributed by atoms with van der Waals surface area (Å²) in [6.45, 7) is 7.77. The molecule has 0 bridgehead atoms. The molecule has 0 aliphatic carbocycles. The largest absolute Gasteiger partial charge is 0.514 e. The summed E-state index contributed by atoms with van der Waals surface area (Å²) in [4.78, 5) is 3.94. The molecule has 0 radical (unpaired) electrons. The molecule has 1 aliphatic rings. The van der Waals surface area contributed by atoms with Crippen LogP contribution in [0.3, 0.4) is 0 Å². The Morgan fingerprint density at radius 1 is 1.24 bits per heavy atom. The molecule has 2 heterocycles. The zero-order chi connectivity index (χ0) is 12.8. The summed E-state index contributed by atoms with van der Waals surface area (Å²) in [5.41, 5.74) is -0.407. The van der Waals surface area contributed by atoms with Crippen molar-refractivity contribution >= 4 is 24.3 Å². The Kier molecular flexibility index (Phi) is 2.96. The molecule has 0 amide bonds. The van der Waals surface area contributed by atoms with Gasteiger partial charge in [-0.05, 0) is 33.8 Å². The highest BCUT2D eigenvalue weighted by atomic mass is 35.5. The summed E-state index contributed by atoms with van der Waals surface area (Å²) >= 11 is 5.71. The number of hydrogen-bond acceptors (Lipinski definition) is 3. The van der Waals surface area contributed by atoms with Crippen LogP contribution in [-0.2, 0) is 9.31 Å². The van der Waals surface area contributed by atoms with E-state index in [4.69, 9.17) is 20.9 Å². The van der Waals surface area contributed by atoms with Crippen LogP contribution in [0.15, 0.2) is 12.3 Å². The Morgan fingerprint density at radius 3 is 2.24 bits per heavy atom. The van der Waals surface area contributed by atoms with Gasteiger partial charge in [-0.25, -0.2) is 4.39 Å². The first-order chi connectivity index (χ1) is 7.73. The van der Waals surface area contributed by atoms with Crippen molar-refractivity contribution in [1.82, 2.24) is 4.98 Å². The molecule has 2 rings (SSSR count). The summed E-state index contributed by atoms with van der Waals surface area (Å²) < 4.78 is 24.6. The molecular weight excluding hydrogens is 243 g/mol. The smallest absolute Gasteiger partial charge is 0.398 e. The fourth-order valence-corrected chi connectivity index (χ4v) is 1.68. The van der Waals surface area contributed by atoms with Gasteiger partial charge in [-0.1, -0.05) is 11.6 Å². The van der Waals surface area contributed by atoms with Crippen molar-refractivity contribution in [3.8, 4) is 0 Å². The first-order valence-electron chi connectivity index (χ1n) is 5.39. The second-order valence-corrected chi connectivity index (χ2v) is 5.52. The highest BCUT2D eigenvalue weighted by Gasteiger charge is 2.52. The van der Waals surface area contributed by atoms with Gasteiger partial charge >= 0.3 is 7.12 Å². The van der Waals surface area contributed by atoms with E-state index in [0.29, 0.717) is 5.59 Å². The van der Waals surface area contributed by atoms with Crippen molar-refractivity contribution in [3.63, 3.8) is 0 Å². The number of pyridine rings is 1. The maximum Gasteiger partial charge on any atom is 0.514 e. The summed E-state index contributed by atoms with van der Waals surface area (Å²) in [6.07, 6.45) is 1.07. The van der Waals surface area contributed by atoms with Gasteiger partial charge in [0.05, 0.1) is 28.0 Å². The topological polar surface area (TPSA) is 31.4 Å². The Morgan fingerprint density at radius 2 is 1.76 bits per heavy atom. The van der Waals surface area contributed by atoms with Crippen molar-refractivity contribution in [3.05, 3.63) is 23.1 Å². The molecule has 17 heavy (non-hydrogen) atoms. The van der Waals surface area contributed by atoms with E-state index in [-0.39, 0.29) is 5.02 Å². The molecule has 1 fully saturated rings. The van der Waals surface area contributed by atoms with Crippen LogP contribution in [-0.4, -0.2) is 23.3 Å². The van der Waals surface area contributed by atoms with E-state index < -0.39 is 24.1 Å². The number of nitrogens with zero attached hydrogens (tertiary/aromatic N) is 1. The Hall–Kier alpha value is -0.645. The lowest BCUT2D eigenvalue weighted by molar-refractivity contribution is 0.00578. The molecule has 0 unspecified atom stereocenters. The van der Waals surface area contributed by atoms with Gasteiger partial charge in [0, 0.05) is 0 Å². The molecular formula is C11H14BClFNO2. The average molecular weight is 258 g/mol. The minimum absolute atomic E-state index is 0.0183. The minimum Gasteiger partial charge on any atom is -0.398 e. The van der Waals surface area contributed by atoms with Gasteiger partial charge < -0.3 is 9.31 Å². The second kappa shape index (κ2) is 3.94. The van der Waals surface area contributed by atoms with Gasteiger partial charge in [-0.3, -0.25) is 4.98 Å². The predicted molar refractivity (Wildman–Crippen MR) is 64.9 cm³/mol. The van der Waals surface area contributed by atoms with E-state index >= 15 is 0 Å². The molecule has 1 aliphatic heterocycles. The fraction of sp³-hybridized carbons (Fsp3) is 0.545. The van der Waals surface area contributed by atoms with Crippen LogP contribution in [0, 0.1) is 5.82 Å². The summed E-state index contributed by atoms with van der Waals surface area (Å²) in [6, 6.07) is 1.43. The normalized spacial score (nSPS) is 21.9. The lowest BCUT2D eigenvalue weighted by Gasteiger charge is -2.32. The maximum absolute atomic E-state index is 13.0. The molecule has 92 valence electrons. The first kappa shape index (κ1) is 12.8. The third-order valence-electron chi connectivity index (χ3n) is 3.32. The van der Waals surface area contributed by atoms with Crippen LogP contribution in [0.2, 0.25) is 5.02 Å². The van der Waals surface area contributed by atoms with Gasteiger partial charge in [0.15, 0.2) is 5.82 Å². The Bertz CT molecular complexity index is 437. The molecule has 0 aromatic carbocycles. The molecule has 1 aromatic rings. The molecule has 3 nitrogen and oxygen atoms in total. The third-order valence-corrected chi connectivity index (χ3v) is 3.61. The first-order valence-corrected chi connectivity index (χ1v) is 5.77.